The van der Waals surface area contributed by atoms with Crippen molar-refractivity contribution >= 4 is 23.1 Å². The van der Waals surface area contributed by atoms with Gasteiger partial charge in [-0.1, -0.05) is 36.4 Å². The van der Waals surface area contributed by atoms with E-state index in [-0.39, 0.29) is 11.4 Å². The molecule has 3 nitrogen and oxygen atoms in total. The van der Waals surface area contributed by atoms with E-state index in [1.165, 1.54) is 6.07 Å². The minimum Gasteiger partial charge on any atom is -0.268 e. The van der Waals surface area contributed by atoms with Crippen LogP contribution in [0.3, 0.4) is 0 Å². The largest absolute Gasteiger partial charge is 0.268 e. The first-order valence-corrected chi connectivity index (χ1v) is 9.06. The molecule has 4 rings (SSSR count). The zero-order chi connectivity index (χ0) is 19.7. The van der Waals surface area contributed by atoms with Crippen LogP contribution < -0.4 is 5.56 Å². The molecule has 4 aromatic rings. The summed E-state index contributed by atoms with van der Waals surface area (Å²) in [4.78, 5) is 17.9. The molecule has 0 unspecified atom stereocenters. The molecule has 1 heterocycles. The second kappa shape index (κ2) is 7.24. The predicted octanol–water partition coefficient (Wildman–Crippen LogP) is 5.31. The van der Waals surface area contributed by atoms with Crippen molar-refractivity contribution in [1.82, 2.24) is 9.55 Å². The molecule has 0 fully saturated rings. The monoisotopic (exact) mass is 370 g/mol. The lowest BCUT2D eigenvalue weighted by atomic mass is 10.1. The van der Waals surface area contributed by atoms with Gasteiger partial charge in [0, 0.05) is 5.56 Å². The summed E-state index contributed by atoms with van der Waals surface area (Å²) in [5.74, 6) is 0.134. The highest BCUT2D eigenvalue weighted by atomic mass is 19.1. The first-order valence-electron chi connectivity index (χ1n) is 9.06. The molecule has 0 radical (unpaired) electrons. The Labute approximate surface area is 162 Å². The third kappa shape index (κ3) is 3.25. The SMILES string of the molecule is Cc1ccc(-n2c(/C=C/c3ccccc3F)nc3ccccc3c2=O)cc1C. The van der Waals surface area contributed by atoms with Gasteiger partial charge in [-0.05, 0) is 67.5 Å². The maximum atomic E-state index is 14.0. The Balaban J connectivity index is 1.97. The summed E-state index contributed by atoms with van der Waals surface area (Å²) in [6.45, 7) is 4.03. The highest BCUT2D eigenvalue weighted by Crippen LogP contribution is 2.18. The van der Waals surface area contributed by atoms with Crippen molar-refractivity contribution in [2.45, 2.75) is 13.8 Å². The van der Waals surface area contributed by atoms with Gasteiger partial charge in [-0.25, -0.2) is 9.37 Å². The van der Waals surface area contributed by atoms with Gasteiger partial charge in [0.2, 0.25) is 0 Å². The van der Waals surface area contributed by atoms with Gasteiger partial charge >= 0.3 is 0 Å². The Morgan fingerprint density at radius 2 is 1.64 bits per heavy atom. The molecule has 0 amide bonds. The lowest BCUT2D eigenvalue weighted by molar-refractivity contribution is 0.625. The Bertz CT molecular complexity index is 1270. The fourth-order valence-electron chi connectivity index (χ4n) is 3.15. The number of hydrogen-bond donors (Lipinski definition) is 0. The minimum atomic E-state index is -0.320. The predicted molar refractivity (Wildman–Crippen MR) is 112 cm³/mol. The Kier molecular flexibility index (Phi) is 4.62. The lowest BCUT2D eigenvalue weighted by Crippen LogP contribution is -2.22. The van der Waals surface area contributed by atoms with E-state index < -0.39 is 0 Å². The molecule has 0 aliphatic rings. The zero-order valence-electron chi connectivity index (χ0n) is 15.7. The Morgan fingerprint density at radius 3 is 2.43 bits per heavy atom. The normalized spacial score (nSPS) is 11.4. The van der Waals surface area contributed by atoms with Crippen molar-refractivity contribution in [2.24, 2.45) is 0 Å². The van der Waals surface area contributed by atoms with Gasteiger partial charge in [-0.2, -0.15) is 0 Å². The van der Waals surface area contributed by atoms with Crippen molar-refractivity contribution in [3.05, 3.63) is 105 Å². The first kappa shape index (κ1) is 17.9. The molecule has 138 valence electrons. The van der Waals surface area contributed by atoms with E-state index in [1.807, 2.05) is 50.2 Å². The van der Waals surface area contributed by atoms with Crippen molar-refractivity contribution in [2.75, 3.05) is 0 Å². The number of benzene rings is 3. The average Bonchev–Trinajstić information content (AvgIpc) is 2.70. The molecule has 3 aromatic carbocycles. The third-order valence-electron chi connectivity index (χ3n) is 4.87. The fraction of sp³-hybridized carbons (Fsp3) is 0.0833. The summed E-state index contributed by atoms with van der Waals surface area (Å²) < 4.78 is 15.6. The molecule has 4 heteroatoms. The van der Waals surface area contributed by atoms with E-state index in [9.17, 15) is 9.18 Å². The van der Waals surface area contributed by atoms with E-state index in [2.05, 4.69) is 4.98 Å². The Morgan fingerprint density at radius 1 is 0.893 bits per heavy atom. The van der Waals surface area contributed by atoms with Gasteiger partial charge in [-0.15, -0.1) is 0 Å². The van der Waals surface area contributed by atoms with Crippen LogP contribution in [0.2, 0.25) is 0 Å². The molecule has 0 aliphatic heterocycles. The number of rotatable bonds is 3. The van der Waals surface area contributed by atoms with E-state index in [0.717, 1.165) is 16.8 Å². The van der Waals surface area contributed by atoms with Crippen molar-refractivity contribution in [3.8, 4) is 5.69 Å². The van der Waals surface area contributed by atoms with E-state index in [4.69, 9.17) is 0 Å². The quantitative estimate of drug-likeness (QED) is 0.490. The van der Waals surface area contributed by atoms with Crippen LogP contribution >= 0.6 is 0 Å². The van der Waals surface area contributed by atoms with E-state index in [1.54, 1.807) is 41.0 Å². The van der Waals surface area contributed by atoms with Gasteiger partial charge in [0.25, 0.3) is 5.56 Å². The van der Waals surface area contributed by atoms with Crippen LogP contribution in [0.25, 0.3) is 28.7 Å². The van der Waals surface area contributed by atoms with Gasteiger partial charge in [0.05, 0.1) is 16.6 Å². The molecule has 0 spiro atoms. The van der Waals surface area contributed by atoms with Crippen LogP contribution in [-0.4, -0.2) is 9.55 Å². The standard InChI is InChI=1S/C24H19FN2O/c1-16-11-13-19(15-17(16)2)27-23(14-12-18-7-3-5-9-21(18)25)26-22-10-6-4-8-20(22)24(27)28/h3-15H,1-2H3/b14-12+. The van der Waals surface area contributed by atoms with Crippen molar-refractivity contribution in [3.63, 3.8) is 0 Å². The van der Waals surface area contributed by atoms with E-state index >= 15 is 0 Å². The molecule has 1 aromatic heterocycles. The summed E-state index contributed by atoms with van der Waals surface area (Å²) in [5.41, 5.74) is 3.87. The van der Waals surface area contributed by atoms with Gasteiger partial charge in [-0.3, -0.25) is 9.36 Å². The maximum absolute atomic E-state index is 14.0. The van der Waals surface area contributed by atoms with Gasteiger partial charge in [0.1, 0.15) is 11.6 Å². The van der Waals surface area contributed by atoms with Crippen molar-refractivity contribution < 1.29 is 4.39 Å². The van der Waals surface area contributed by atoms with Gasteiger partial charge in [0.15, 0.2) is 0 Å². The topological polar surface area (TPSA) is 34.9 Å². The summed E-state index contributed by atoms with van der Waals surface area (Å²) in [6, 6.07) is 19.6. The van der Waals surface area contributed by atoms with Crippen LogP contribution in [0, 0.1) is 19.7 Å². The second-order valence-electron chi connectivity index (χ2n) is 6.75. The third-order valence-corrected chi connectivity index (χ3v) is 4.87. The van der Waals surface area contributed by atoms with Crippen LogP contribution in [0.15, 0.2) is 71.5 Å². The molecule has 28 heavy (non-hydrogen) atoms. The highest BCUT2D eigenvalue weighted by molar-refractivity contribution is 5.80. The van der Waals surface area contributed by atoms with Crippen LogP contribution in [0.4, 0.5) is 4.39 Å². The summed E-state index contributed by atoms with van der Waals surface area (Å²) >= 11 is 0. The van der Waals surface area contributed by atoms with Crippen LogP contribution in [0.1, 0.15) is 22.5 Å². The molecule has 0 atom stereocenters. The van der Waals surface area contributed by atoms with Crippen LogP contribution in [-0.2, 0) is 0 Å². The molecular formula is C24H19FN2O. The average molecular weight is 370 g/mol. The first-order chi connectivity index (χ1) is 13.5. The molecular weight excluding hydrogens is 351 g/mol. The summed E-state index contributed by atoms with van der Waals surface area (Å²) in [7, 11) is 0. The summed E-state index contributed by atoms with van der Waals surface area (Å²) in [5, 5.41) is 0.545. The molecule has 0 saturated heterocycles. The summed E-state index contributed by atoms with van der Waals surface area (Å²) in [6.07, 6.45) is 3.32. The lowest BCUT2D eigenvalue weighted by Gasteiger charge is -2.13. The Hall–Kier alpha value is -3.53. The van der Waals surface area contributed by atoms with Gasteiger partial charge < -0.3 is 0 Å². The molecule has 0 bridgehead atoms. The second-order valence-corrected chi connectivity index (χ2v) is 6.75. The van der Waals surface area contributed by atoms with E-state index in [0.29, 0.717) is 22.3 Å². The number of nitrogens with zero attached hydrogens (tertiary/aromatic N) is 2. The molecule has 0 N–H and O–H groups in total. The number of halogens is 1. The van der Waals surface area contributed by atoms with Crippen LogP contribution in [0.5, 0.6) is 0 Å². The number of para-hydroxylation sites is 1. The number of aromatic nitrogens is 2. The molecule has 0 aliphatic carbocycles. The number of hydrogen-bond acceptors (Lipinski definition) is 2. The molecule has 0 saturated carbocycles. The fourth-order valence-corrected chi connectivity index (χ4v) is 3.15. The zero-order valence-corrected chi connectivity index (χ0v) is 15.7. The number of aryl methyl sites for hydroxylation is 2. The highest BCUT2D eigenvalue weighted by Gasteiger charge is 2.11. The van der Waals surface area contributed by atoms with Crippen molar-refractivity contribution in [1.29, 1.82) is 0 Å². The minimum absolute atomic E-state index is 0.151. The smallest absolute Gasteiger partial charge is 0.266 e. The number of fused-ring (bicyclic) bond motifs is 1. The maximum Gasteiger partial charge on any atom is 0.266 e.